The maximum atomic E-state index is 12.3. The number of phenolic OH excluding ortho intramolecular Hbond substituents is 2. The van der Waals surface area contributed by atoms with Crippen LogP contribution in [0.5, 0.6) is 11.5 Å². The number of nitrogens with one attached hydrogen (secondary N) is 1. The van der Waals surface area contributed by atoms with Gasteiger partial charge in [0.15, 0.2) is 0 Å². The third kappa shape index (κ3) is 3.43. The molecule has 0 spiro atoms. The molecule has 1 amide bonds. The minimum absolute atomic E-state index is 0.00359. The standard InChI is InChI=1S/C18H20N2O3S/c1-10-3-4-12-8-17(24-16(12)7-10)18(23)20-19-11(2)14-9-13(21)5-6-15(14)22/h5-6,8-10,21-22H,3-4,7H2,1-2H3,(H,20,23)/b19-11-/t10-/m1/s1. The van der Waals surface area contributed by atoms with E-state index in [0.717, 1.165) is 12.8 Å². The van der Waals surface area contributed by atoms with Crippen LogP contribution in [0.25, 0.3) is 0 Å². The van der Waals surface area contributed by atoms with Crippen LogP contribution >= 0.6 is 11.3 Å². The van der Waals surface area contributed by atoms with Gasteiger partial charge in [0.05, 0.1) is 10.6 Å². The molecule has 0 saturated heterocycles. The van der Waals surface area contributed by atoms with Crippen molar-refractivity contribution in [3.8, 4) is 11.5 Å². The quantitative estimate of drug-likeness (QED) is 0.453. The van der Waals surface area contributed by atoms with E-state index in [2.05, 4.69) is 17.5 Å². The van der Waals surface area contributed by atoms with Crippen LogP contribution in [0.2, 0.25) is 0 Å². The van der Waals surface area contributed by atoms with E-state index in [-0.39, 0.29) is 17.4 Å². The van der Waals surface area contributed by atoms with Crippen molar-refractivity contribution in [3.63, 3.8) is 0 Å². The summed E-state index contributed by atoms with van der Waals surface area (Å²) in [6, 6.07) is 6.14. The molecule has 6 heteroatoms. The Labute approximate surface area is 144 Å². The summed E-state index contributed by atoms with van der Waals surface area (Å²) in [5, 5.41) is 23.4. The number of aromatic hydroxyl groups is 2. The highest BCUT2D eigenvalue weighted by molar-refractivity contribution is 7.14. The number of aryl methyl sites for hydroxylation is 1. The lowest BCUT2D eigenvalue weighted by molar-refractivity contribution is 0.0959. The zero-order chi connectivity index (χ0) is 17.3. The predicted molar refractivity (Wildman–Crippen MR) is 95.0 cm³/mol. The van der Waals surface area contributed by atoms with Crippen LogP contribution in [0.15, 0.2) is 29.4 Å². The van der Waals surface area contributed by atoms with Gasteiger partial charge in [-0.15, -0.1) is 11.3 Å². The maximum Gasteiger partial charge on any atom is 0.281 e. The molecule has 1 aromatic heterocycles. The van der Waals surface area contributed by atoms with Crippen molar-refractivity contribution in [2.75, 3.05) is 0 Å². The van der Waals surface area contributed by atoms with Gasteiger partial charge in [0.2, 0.25) is 0 Å². The number of rotatable bonds is 3. The molecule has 0 radical (unpaired) electrons. The second-order valence-corrected chi connectivity index (χ2v) is 7.38. The Morgan fingerprint density at radius 2 is 2.12 bits per heavy atom. The van der Waals surface area contributed by atoms with E-state index in [0.29, 0.717) is 22.1 Å². The van der Waals surface area contributed by atoms with Gasteiger partial charge >= 0.3 is 0 Å². The Balaban J connectivity index is 1.74. The van der Waals surface area contributed by atoms with E-state index in [1.54, 1.807) is 6.92 Å². The molecule has 0 bridgehead atoms. The lowest BCUT2D eigenvalue weighted by Crippen LogP contribution is -2.18. The first kappa shape index (κ1) is 16.5. The molecule has 3 N–H and O–H groups in total. The van der Waals surface area contributed by atoms with E-state index in [1.165, 1.54) is 46.4 Å². The highest BCUT2D eigenvalue weighted by Gasteiger charge is 2.20. The molecule has 0 unspecified atom stereocenters. The molecule has 3 rings (SSSR count). The summed E-state index contributed by atoms with van der Waals surface area (Å²) in [4.78, 5) is 14.3. The van der Waals surface area contributed by atoms with Crippen LogP contribution in [0.3, 0.4) is 0 Å². The SMILES string of the molecule is C/C(=N/NC(=O)c1cc2c(s1)C[C@H](C)CC2)c1cc(O)ccc1O. The zero-order valence-corrected chi connectivity index (χ0v) is 14.5. The minimum Gasteiger partial charge on any atom is -0.508 e. The molecular formula is C18H20N2O3S. The number of nitrogens with zero attached hydrogens (tertiary/aromatic N) is 1. The predicted octanol–water partition coefficient (Wildman–Crippen LogP) is 3.44. The second-order valence-electron chi connectivity index (χ2n) is 6.25. The van der Waals surface area contributed by atoms with Gasteiger partial charge in [-0.3, -0.25) is 4.79 Å². The van der Waals surface area contributed by atoms with E-state index >= 15 is 0 Å². The van der Waals surface area contributed by atoms with Gasteiger partial charge < -0.3 is 10.2 Å². The average Bonchev–Trinajstić information content (AvgIpc) is 2.97. The number of hydrazone groups is 1. The fourth-order valence-corrected chi connectivity index (χ4v) is 4.11. The molecule has 1 atom stereocenters. The Kier molecular flexibility index (Phi) is 4.57. The van der Waals surface area contributed by atoms with Crippen molar-refractivity contribution in [2.24, 2.45) is 11.0 Å². The summed E-state index contributed by atoms with van der Waals surface area (Å²) in [7, 11) is 0. The molecule has 0 aliphatic heterocycles. The first-order valence-corrected chi connectivity index (χ1v) is 8.74. The third-order valence-corrected chi connectivity index (χ3v) is 5.45. The van der Waals surface area contributed by atoms with Crippen molar-refractivity contribution in [1.82, 2.24) is 5.43 Å². The number of benzene rings is 1. The molecule has 0 fully saturated rings. The summed E-state index contributed by atoms with van der Waals surface area (Å²) in [5.74, 6) is 0.453. The number of hydrogen-bond donors (Lipinski definition) is 3. The number of carbonyl (C=O) groups excluding carboxylic acids is 1. The fraction of sp³-hybridized carbons (Fsp3) is 0.333. The first-order chi connectivity index (χ1) is 11.4. The normalized spacial score (nSPS) is 17.4. The maximum absolute atomic E-state index is 12.3. The van der Waals surface area contributed by atoms with Crippen LogP contribution in [-0.2, 0) is 12.8 Å². The molecule has 24 heavy (non-hydrogen) atoms. The van der Waals surface area contributed by atoms with Crippen molar-refractivity contribution < 1.29 is 15.0 Å². The smallest absolute Gasteiger partial charge is 0.281 e. The van der Waals surface area contributed by atoms with Crippen LogP contribution in [0.1, 0.15) is 45.9 Å². The van der Waals surface area contributed by atoms with Gasteiger partial charge in [0.1, 0.15) is 11.5 Å². The highest BCUT2D eigenvalue weighted by atomic mass is 32.1. The largest absolute Gasteiger partial charge is 0.508 e. The molecule has 126 valence electrons. The molecule has 2 aromatic rings. The van der Waals surface area contributed by atoms with Gasteiger partial charge in [-0.05, 0) is 61.9 Å². The van der Waals surface area contributed by atoms with Crippen molar-refractivity contribution in [2.45, 2.75) is 33.1 Å². The van der Waals surface area contributed by atoms with Gasteiger partial charge in [0.25, 0.3) is 5.91 Å². The number of hydrogen-bond acceptors (Lipinski definition) is 5. The molecule has 0 saturated carbocycles. The lowest BCUT2D eigenvalue weighted by atomic mass is 9.90. The fourth-order valence-electron chi connectivity index (χ4n) is 2.85. The van der Waals surface area contributed by atoms with Crippen molar-refractivity contribution in [1.29, 1.82) is 0 Å². The number of fused-ring (bicyclic) bond motifs is 1. The lowest BCUT2D eigenvalue weighted by Gasteiger charge is -2.16. The van der Waals surface area contributed by atoms with Gasteiger partial charge in [-0.1, -0.05) is 6.92 Å². The van der Waals surface area contributed by atoms with Gasteiger partial charge in [0, 0.05) is 10.4 Å². The Hall–Kier alpha value is -2.34. The van der Waals surface area contributed by atoms with Crippen LogP contribution in [-0.4, -0.2) is 21.8 Å². The van der Waals surface area contributed by atoms with Gasteiger partial charge in [-0.2, -0.15) is 5.10 Å². The molecule has 1 aliphatic carbocycles. The van der Waals surface area contributed by atoms with Crippen LogP contribution in [0.4, 0.5) is 0 Å². The Morgan fingerprint density at radius 3 is 2.92 bits per heavy atom. The average molecular weight is 344 g/mol. The van der Waals surface area contributed by atoms with Gasteiger partial charge in [-0.25, -0.2) is 5.43 Å². The summed E-state index contributed by atoms with van der Waals surface area (Å²) < 4.78 is 0. The number of phenols is 2. The number of amides is 1. The summed E-state index contributed by atoms with van der Waals surface area (Å²) in [6.45, 7) is 3.90. The third-order valence-electron chi connectivity index (χ3n) is 4.26. The molecule has 1 aliphatic rings. The minimum atomic E-state index is -0.249. The number of carbonyl (C=O) groups is 1. The molecular weight excluding hydrogens is 324 g/mol. The van der Waals surface area contributed by atoms with E-state index in [1.807, 2.05) is 6.07 Å². The van der Waals surface area contributed by atoms with Crippen LogP contribution in [0, 0.1) is 5.92 Å². The summed E-state index contributed by atoms with van der Waals surface area (Å²) >= 11 is 1.53. The van der Waals surface area contributed by atoms with E-state index in [9.17, 15) is 15.0 Å². The van der Waals surface area contributed by atoms with Crippen molar-refractivity contribution in [3.05, 3.63) is 45.1 Å². The monoisotopic (exact) mass is 344 g/mol. The second kappa shape index (κ2) is 6.65. The molecule has 5 nitrogen and oxygen atoms in total. The first-order valence-electron chi connectivity index (χ1n) is 7.92. The van der Waals surface area contributed by atoms with E-state index < -0.39 is 0 Å². The molecule has 1 aromatic carbocycles. The van der Waals surface area contributed by atoms with Crippen LogP contribution < -0.4 is 5.43 Å². The molecule has 1 heterocycles. The topological polar surface area (TPSA) is 81.9 Å². The van der Waals surface area contributed by atoms with E-state index in [4.69, 9.17) is 0 Å². The highest BCUT2D eigenvalue weighted by Crippen LogP contribution is 2.32. The number of thiophene rings is 1. The summed E-state index contributed by atoms with van der Waals surface area (Å²) in [6.07, 6.45) is 3.23. The zero-order valence-electron chi connectivity index (χ0n) is 13.7. The van der Waals surface area contributed by atoms with Crippen molar-refractivity contribution >= 4 is 23.0 Å². The Bertz CT molecular complexity index is 811. The Morgan fingerprint density at radius 1 is 1.33 bits per heavy atom. The summed E-state index contributed by atoms with van der Waals surface area (Å²) in [5.41, 5.74) is 4.61.